The van der Waals surface area contributed by atoms with Crippen LogP contribution in [0.15, 0.2) is 77.1 Å². The summed E-state index contributed by atoms with van der Waals surface area (Å²) in [6.07, 6.45) is 1.17. The molecule has 184 valence electrons. The van der Waals surface area contributed by atoms with Gasteiger partial charge in [0.05, 0.1) is 12.2 Å². The molecule has 2 aromatic rings. The smallest absolute Gasteiger partial charge is 0.336 e. The Labute approximate surface area is 207 Å². The molecule has 0 saturated heterocycles. The molecule has 0 bridgehead atoms. The molecule has 0 unspecified atom stereocenters. The van der Waals surface area contributed by atoms with Gasteiger partial charge in [-0.15, -0.1) is 0 Å². The standard InChI is InChI=1S/C29H33NO5/c1-5-33-22-13-9-10-20(16-22)26-25(28(32)35-15-14-34-21-11-7-6-8-12-21)19(2)30-23-17-29(3,4)18-24(31)27(23)26/h6-13,16,26,30H,5,14-15,17-18H2,1-4H3/t26-/m0/s1. The lowest BCUT2D eigenvalue weighted by atomic mass is 9.68. The number of dihydropyridines is 1. The predicted molar refractivity (Wildman–Crippen MR) is 134 cm³/mol. The van der Waals surface area contributed by atoms with Gasteiger partial charge in [0.25, 0.3) is 0 Å². The van der Waals surface area contributed by atoms with Crippen molar-refractivity contribution in [3.8, 4) is 11.5 Å². The minimum absolute atomic E-state index is 0.0563. The van der Waals surface area contributed by atoms with Crippen LogP contribution in [-0.4, -0.2) is 31.6 Å². The zero-order chi connectivity index (χ0) is 25.0. The van der Waals surface area contributed by atoms with E-state index in [1.165, 1.54) is 0 Å². The van der Waals surface area contributed by atoms with Gasteiger partial charge in [-0.1, -0.05) is 44.2 Å². The second-order valence-corrected chi connectivity index (χ2v) is 9.73. The third-order valence-electron chi connectivity index (χ3n) is 6.29. The molecule has 0 radical (unpaired) electrons. The monoisotopic (exact) mass is 475 g/mol. The van der Waals surface area contributed by atoms with Crippen molar-refractivity contribution in [2.45, 2.75) is 46.5 Å². The SMILES string of the molecule is CCOc1cccc([C@H]2C(C(=O)OCCOc3ccccc3)=C(C)NC3=C2C(=O)CC(C)(C)C3)c1. The van der Waals surface area contributed by atoms with Gasteiger partial charge in [0.15, 0.2) is 5.78 Å². The molecule has 2 aromatic carbocycles. The fourth-order valence-electron chi connectivity index (χ4n) is 4.88. The van der Waals surface area contributed by atoms with Gasteiger partial charge in [0, 0.05) is 29.3 Å². The summed E-state index contributed by atoms with van der Waals surface area (Å²) in [5, 5.41) is 3.37. The second-order valence-electron chi connectivity index (χ2n) is 9.73. The summed E-state index contributed by atoms with van der Waals surface area (Å²) >= 11 is 0. The first-order chi connectivity index (χ1) is 16.8. The van der Waals surface area contributed by atoms with Crippen LogP contribution >= 0.6 is 0 Å². The molecule has 0 spiro atoms. The first kappa shape index (κ1) is 24.6. The van der Waals surface area contributed by atoms with Crippen LogP contribution in [0.1, 0.15) is 52.0 Å². The van der Waals surface area contributed by atoms with Crippen molar-refractivity contribution in [2.75, 3.05) is 19.8 Å². The summed E-state index contributed by atoms with van der Waals surface area (Å²) in [6, 6.07) is 17.0. The van der Waals surface area contributed by atoms with Crippen LogP contribution < -0.4 is 14.8 Å². The Balaban J connectivity index is 1.62. The van der Waals surface area contributed by atoms with Crippen molar-refractivity contribution in [1.29, 1.82) is 0 Å². The highest BCUT2D eigenvalue weighted by molar-refractivity contribution is 6.04. The molecule has 6 nitrogen and oxygen atoms in total. The summed E-state index contributed by atoms with van der Waals surface area (Å²) in [5.41, 5.74) is 3.38. The van der Waals surface area contributed by atoms with Gasteiger partial charge >= 0.3 is 5.97 Å². The van der Waals surface area contributed by atoms with E-state index in [4.69, 9.17) is 14.2 Å². The van der Waals surface area contributed by atoms with Gasteiger partial charge in [-0.3, -0.25) is 4.79 Å². The quantitative estimate of drug-likeness (QED) is 0.412. The molecule has 0 saturated carbocycles. The summed E-state index contributed by atoms with van der Waals surface area (Å²) in [4.78, 5) is 26.8. The molecule has 4 rings (SSSR count). The van der Waals surface area contributed by atoms with Crippen LogP contribution in [0.2, 0.25) is 0 Å². The number of allylic oxidation sites excluding steroid dienone is 3. The highest BCUT2D eigenvalue weighted by Crippen LogP contribution is 2.47. The Morgan fingerprint density at radius 3 is 2.49 bits per heavy atom. The summed E-state index contributed by atoms with van der Waals surface area (Å²) in [5.74, 6) is 0.506. The van der Waals surface area contributed by atoms with E-state index >= 15 is 0 Å². The van der Waals surface area contributed by atoms with E-state index in [0.717, 1.165) is 17.7 Å². The number of benzene rings is 2. The van der Waals surface area contributed by atoms with Crippen molar-refractivity contribution in [2.24, 2.45) is 5.41 Å². The van der Waals surface area contributed by atoms with Gasteiger partial charge in [-0.05, 0) is 55.5 Å². The van der Waals surface area contributed by atoms with Gasteiger partial charge in [0.1, 0.15) is 24.7 Å². The largest absolute Gasteiger partial charge is 0.494 e. The lowest BCUT2D eigenvalue weighted by Crippen LogP contribution is -2.38. The minimum atomic E-state index is -0.516. The zero-order valence-electron chi connectivity index (χ0n) is 20.9. The lowest BCUT2D eigenvalue weighted by molar-refractivity contribution is -0.140. The molecule has 0 aromatic heterocycles. The zero-order valence-corrected chi connectivity index (χ0v) is 20.9. The Morgan fingerprint density at radius 2 is 1.74 bits per heavy atom. The normalized spacial score (nSPS) is 19.1. The molecule has 6 heteroatoms. The highest BCUT2D eigenvalue weighted by Gasteiger charge is 2.43. The predicted octanol–water partition coefficient (Wildman–Crippen LogP) is 5.31. The van der Waals surface area contributed by atoms with Crippen molar-refractivity contribution in [1.82, 2.24) is 5.32 Å². The summed E-state index contributed by atoms with van der Waals surface area (Å²) in [6.45, 7) is 8.85. The first-order valence-electron chi connectivity index (χ1n) is 12.1. The Bertz CT molecular complexity index is 1160. The molecule has 0 fully saturated rings. The van der Waals surface area contributed by atoms with E-state index in [9.17, 15) is 9.59 Å². The Hall–Kier alpha value is -3.54. The van der Waals surface area contributed by atoms with Gasteiger partial charge in [-0.25, -0.2) is 4.79 Å². The van der Waals surface area contributed by atoms with Gasteiger partial charge < -0.3 is 19.5 Å². The number of rotatable bonds is 8. The van der Waals surface area contributed by atoms with E-state index in [1.54, 1.807) is 0 Å². The number of Topliss-reactive ketones (excluding diaryl/α,β-unsaturated/α-hetero) is 1. The van der Waals surface area contributed by atoms with Gasteiger partial charge in [0.2, 0.25) is 0 Å². The molecule has 1 aliphatic heterocycles. The van der Waals surface area contributed by atoms with Gasteiger partial charge in [-0.2, -0.15) is 0 Å². The molecule has 1 heterocycles. The fourth-order valence-corrected chi connectivity index (χ4v) is 4.88. The maximum absolute atomic E-state index is 13.4. The lowest BCUT2D eigenvalue weighted by Gasteiger charge is -2.39. The molecule has 1 aliphatic carbocycles. The van der Waals surface area contributed by atoms with Crippen molar-refractivity contribution in [3.05, 3.63) is 82.7 Å². The van der Waals surface area contributed by atoms with Crippen molar-refractivity contribution < 1.29 is 23.8 Å². The molecule has 0 amide bonds. The third kappa shape index (κ3) is 5.59. The van der Waals surface area contributed by atoms with E-state index in [0.29, 0.717) is 41.4 Å². The maximum Gasteiger partial charge on any atom is 0.336 e. The number of para-hydroxylation sites is 1. The summed E-state index contributed by atoms with van der Waals surface area (Å²) in [7, 11) is 0. The number of nitrogens with one attached hydrogen (secondary N) is 1. The number of ether oxygens (including phenoxy) is 3. The van der Waals surface area contributed by atoms with Crippen LogP contribution in [-0.2, 0) is 14.3 Å². The molecule has 1 N–H and O–H groups in total. The number of carbonyl (C=O) groups excluding carboxylic acids is 2. The van der Waals surface area contributed by atoms with E-state index < -0.39 is 11.9 Å². The number of esters is 1. The highest BCUT2D eigenvalue weighted by atomic mass is 16.6. The van der Waals surface area contributed by atoms with Crippen molar-refractivity contribution >= 4 is 11.8 Å². The molecular weight excluding hydrogens is 442 g/mol. The number of hydrogen-bond donors (Lipinski definition) is 1. The van der Waals surface area contributed by atoms with Crippen LogP contribution in [0.25, 0.3) is 0 Å². The van der Waals surface area contributed by atoms with Crippen LogP contribution in [0.5, 0.6) is 11.5 Å². The minimum Gasteiger partial charge on any atom is -0.494 e. The molecule has 35 heavy (non-hydrogen) atoms. The van der Waals surface area contributed by atoms with Crippen LogP contribution in [0.4, 0.5) is 0 Å². The molecule has 2 aliphatic rings. The number of carbonyl (C=O) groups is 2. The van der Waals surface area contributed by atoms with Crippen LogP contribution in [0.3, 0.4) is 0 Å². The third-order valence-corrected chi connectivity index (χ3v) is 6.29. The summed E-state index contributed by atoms with van der Waals surface area (Å²) < 4.78 is 17.0. The number of ketones is 1. The first-order valence-corrected chi connectivity index (χ1v) is 12.1. The topological polar surface area (TPSA) is 73.9 Å². The second kappa shape index (κ2) is 10.4. The van der Waals surface area contributed by atoms with E-state index in [-0.39, 0.29) is 24.4 Å². The molecule has 1 atom stereocenters. The average Bonchev–Trinajstić information content (AvgIpc) is 2.81. The maximum atomic E-state index is 13.4. The van der Waals surface area contributed by atoms with E-state index in [2.05, 4.69) is 19.2 Å². The Morgan fingerprint density at radius 1 is 1.00 bits per heavy atom. The Kier molecular flexibility index (Phi) is 7.29. The van der Waals surface area contributed by atoms with Crippen molar-refractivity contribution in [3.63, 3.8) is 0 Å². The average molecular weight is 476 g/mol. The van der Waals surface area contributed by atoms with Crippen LogP contribution in [0, 0.1) is 5.41 Å². The number of hydrogen-bond acceptors (Lipinski definition) is 6. The molecular formula is C29H33NO5. The van der Waals surface area contributed by atoms with E-state index in [1.807, 2.05) is 68.4 Å². The fraction of sp³-hybridized carbons (Fsp3) is 0.379.